The molecular weight excluding hydrogens is 534 g/mol. The quantitative estimate of drug-likeness (QED) is 0.303. The summed E-state index contributed by atoms with van der Waals surface area (Å²) in [6.07, 6.45) is 3.06. The Morgan fingerprint density at radius 2 is 1.80 bits per heavy atom. The lowest BCUT2D eigenvalue weighted by Crippen LogP contribution is -2.64. The maximum atomic E-state index is 13.5. The Morgan fingerprint density at radius 3 is 2.45 bits per heavy atom. The summed E-state index contributed by atoms with van der Waals surface area (Å²) in [5, 5.41) is 20.4. The molecule has 6 N–H and O–H groups in total. The first-order chi connectivity index (χ1) is 18.7. The molecule has 0 saturated carbocycles. The zero-order chi connectivity index (χ0) is 28.2. The fourth-order valence-electron chi connectivity index (χ4n) is 5.56. The number of nitrogens with one attached hydrogen (secondary N) is 3. The molecule has 0 aromatic heterocycles. The van der Waals surface area contributed by atoms with Gasteiger partial charge in [-0.15, -0.1) is 12.4 Å². The van der Waals surface area contributed by atoms with E-state index in [1.165, 1.54) is 0 Å². The number of rotatable bonds is 9. The van der Waals surface area contributed by atoms with Crippen molar-refractivity contribution in [3.05, 3.63) is 48.0 Å². The highest BCUT2D eigenvalue weighted by Gasteiger charge is 2.47. The number of fused-ring (bicyclic) bond motifs is 1. The van der Waals surface area contributed by atoms with Gasteiger partial charge in [-0.2, -0.15) is 0 Å². The number of carbonyl (C=O) groups excluding carboxylic acids is 4. The molecule has 40 heavy (non-hydrogen) atoms. The zero-order valence-electron chi connectivity index (χ0n) is 23.0. The first-order valence-electron chi connectivity index (χ1n) is 13.8. The van der Waals surface area contributed by atoms with Gasteiger partial charge in [-0.3, -0.25) is 29.8 Å². The van der Waals surface area contributed by atoms with Gasteiger partial charge >= 0.3 is 0 Å². The van der Waals surface area contributed by atoms with Crippen molar-refractivity contribution >= 4 is 46.8 Å². The average molecular weight is 574 g/mol. The van der Waals surface area contributed by atoms with Gasteiger partial charge in [0, 0.05) is 18.9 Å². The first kappa shape index (κ1) is 31.5. The highest BCUT2D eigenvalue weighted by Crippen LogP contribution is 2.23. The van der Waals surface area contributed by atoms with Crippen molar-refractivity contribution in [1.82, 2.24) is 20.9 Å². The lowest BCUT2D eigenvalue weighted by Gasteiger charge is -2.30. The molecule has 0 radical (unpaired) electrons. The van der Waals surface area contributed by atoms with Gasteiger partial charge in [-0.1, -0.05) is 56.3 Å². The SMILES string of the molecule is CCC(CC)C(=O)N1CCC[C@H]1C(=O)N[C@H](Cc1ccc2ccccc2c1)C(=O)NC(=O)[C@@]1(O)NCCC1N.Cl. The molecule has 4 amide bonds. The zero-order valence-corrected chi connectivity index (χ0v) is 23.8. The van der Waals surface area contributed by atoms with Crippen molar-refractivity contribution < 1.29 is 24.3 Å². The second-order valence-corrected chi connectivity index (χ2v) is 10.6. The van der Waals surface area contributed by atoms with Crippen LogP contribution in [0.25, 0.3) is 10.8 Å². The lowest BCUT2D eigenvalue weighted by atomic mass is 9.99. The number of nitrogens with two attached hydrogens (primary N) is 1. The van der Waals surface area contributed by atoms with E-state index in [9.17, 15) is 24.3 Å². The number of imide groups is 1. The van der Waals surface area contributed by atoms with Crippen molar-refractivity contribution in [3.8, 4) is 0 Å². The predicted molar refractivity (Wildman–Crippen MR) is 154 cm³/mol. The van der Waals surface area contributed by atoms with E-state index in [-0.39, 0.29) is 30.7 Å². The first-order valence-corrected chi connectivity index (χ1v) is 13.8. The molecule has 0 bridgehead atoms. The molecular formula is C29H40ClN5O5. The number of benzene rings is 2. The summed E-state index contributed by atoms with van der Waals surface area (Å²) in [5.41, 5.74) is 4.62. The van der Waals surface area contributed by atoms with Gasteiger partial charge in [0.15, 0.2) is 0 Å². The summed E-state index contributed by atoms with van der Waals surface area (Å²) in [6, 6.07) is 10.9. The van der Waals surface area contributed by atoms with E-state index in [1.807, 2.05) is 56.3 Å². The summed E-state index contributed by atoms with van der Waals surface area (Å²) in [7, 11) is 0. The monoisotopic (exact) mass is 573 g/mol. The van der Waals surface area contributed by atoms with Crippen molar-refractivity contribution in [2.45, 2.75) is 76.2 Å². The second kappa shape index (κ2) is 13.5. The Kier molecular flexibility index (Phi) is 10.7. The van der Waals surface area contributed by atoms with Crippen LogP contribution in [0.2, 0.25) is 0 Å². The van der Waals surface area contributed by atoms with Gasteiger partial charge < -0.3 is 21.1 Å². The molecule has 11 heteroatoms. The minimum atomic E-state index is -2.07. The van der Waals surface area contributed by atoms with Crippen LogP contribution in [0.15, 0.2) is 42.5 Å². The maximum absolute atomic E-state index is 13.5. The number of carbonyl (C=O) groups is 4. The Balaban J connectivity index is 0.00000441. The lowest BCUT2D eigenvalue weighted by molar-refractivity contribution is -0.148. The molecule has 1 unspecified atom stereocenters. The Morgan fingerprint density at radius 1 is 1.10 bits per heavy atom. The Labute approximate surface area is 240 Å². The summed E-state index contributed by atoms with van der Waals surface area (Å²) < 4.78 is 0. The number of hydrogen-bond acceptors (Lipinski definition) is 7. The van der Waals surface area contributed by atoms with E-state index in [2.05, 4.69) is 16.0 Å². The Bertz CT molecular complexity index is 1240. The average Bonchev–Trinajstić information content (AvgIpc) is 3.56. The maximum Gasteiger partial charge on any atom is 0.275 e. The van der Waals surface area contributed by atoms with Crippen LogP contribution in [0, 0.1) is 5.92 Å². The molecule has 2 fully saturated rings. The van der Waals surface area contributed by atoms with Gasteiger partial charge in [0.05, 0.1) is 6.04 Å². The third-order valence-electron chi connectivity index (χ3n) is 8.03. The van der Waals surface area contributed by atoms with Crippen LogP contribution in [-0.4, -0.2) is 70.6 Å². The van der Waals surface area contributed by atoms with Gasteiger partial charge in [0.2, 0.25) is 23.4 Å². The highest BCUT2D eigenvalue weighted by molar-refractivity contribution is 6.03. The summed E-state index contributed by atoms with van der Waals surface area (Å²) >= 11 is 0. The number of hydrogen-bond donors (Lipinski definition) is 5. The molecule has 2 aromatic carbocycles. The highest BCUT2D eigenvalue weighted by atomic mass is 35.5. The molecule has 4 atom stereocenters. The summed E-state index contributed by atoms with van der Waals surface area (Å²) in [4.78, 5) is 54.4. The van der Waals surface area contributed by atoms with Crippen LogP contribution < -0.4 is 21.7 Å². The third kappa shape index (κ3) is 6.63. The van der Waals surface area contributed by atoms with Crippen LogP contribution in [0.3, 0.4) is 0 Å². The molecule has 2 aliphatic rings. The normalized spacial score (nSPS) is 23.1. The Hall–Kier alpha value is -3.05. The fourth-order valence-corrected chi connectivity index (χ4v) is 5.56. The van der Waals surface area contributed by atoms with Crippen molar-refractivity contribution in [2.75, 3.05) is 13.1 Å². The van der Waals surface area contributed by atoms with Crippen LogP contribution in [-0.2, 0) is 25.6 Å². The number of halogens is 1. The standard InChI is InChI=1S/C29H39N5O5.ClH/c1-3-19(4-2)27(37)34-15-7-10-23(34)26(36)32-22(17-18-11-12-20-8-5-6-9-21(20)16-18)25(35)33-28(38)29(39)24(30)13-14-31-29;/h5-6,8-9,11-12,16,19,22-24,31,39H,3-4,7,10,13-15,17,30H2,1-2H3,(H,32,36)(H,33,35,38);1H/t22-,23+,24?,29-;/m1./s1. The van der Waals surface area contributed by atoms with Gasteiger partial charge in [0.1, 0.15) is 12.1 Å². The smallest absolute Gasteiger partial charge is 0.275 e. The fraction of sp³-hybridized carbons (Fsp3) is 0.517. The van der Waals surface area contributed by atoms with E-state index in [4.69, 9.17) is 5.73 Å². The van der Waals surface area contributed by atoms with Gasteiger partial charge in [-0.25, -0.2) is 0 Å². The van der Waals surface area contributed by atoms with Crippen LogP contribution in [0.5, 0.6) is 0 Å². The van der Waals surface area contributed by atoms with E-state index in [0.717, 1.165) is 16.3 Å². The summed E-state index contributed by atoms with van der Waals surface area (Å²) in [5.74, 6) is -2.36. The largest absolute Gasteiger partial charge is 0.366 e. The molecule has 10 nitrogen and oxygen atoms in total. The number of amides is 4. The van der Waals surface area contributed by atoms with E-state index in [0.29, 0.717) is 45.2 Å². The third-order valence-corrected chi connectivity index (χ3v) is 8.03. The van der Waals surface area contributed by atoms with E-state index < -0.39 is 41.6 Å². The van der Waals surface area contributed by atoms with Crippen molar-refractivity contribution in [1.29, 1.82) is 0 Å². The molecule has 2 aliphatic heterocycles. The van der Waals surface area contributed by atoms with Crippen LogP contribution in [0.4, 0.5) is 0 Å². The number of aliphatic hydroxyl groups is 1. The molecule has 2 heterocycles. The number of likely N-dealkylation sites (tertiary alicyclic amines) is 1. The van der Waals surface area contributed by atoms with E-state index >= 15 is 0 Å². The molecule has 4 rings (SSSR count). The van der Waals surface area contributed by atoms with Crippen LogP contribution >= 0.6 is 12.4 Å². The van der Waals surface area contributed by atoms with Crippen LogP contribution in [0.1, 0.15) is 51.5 Å². The van der Waals surface area contributed by atoms with Gasteiger partial charge in [-0.05, 0) is 55.0 Å². The molecule has 218 valence electrons. The summed E-state index contributed by atoms with van der Waals surface area (Å²) in [6.45, 7) is 4.73. The van der Waals surface area contributed by atoms with Crippen molar-refractivity contribution in [3.63, 3.8) is 0 Å². The van der Waals surface area contributed by atoms with Crippen molar-refractivity contribution in [2.24, 2.45) is 11.7 Å². The molecule has 0 aliphatic carbocycles. The molecule has 2 aromatic rings. The molecule has 0 spiro atoms. The van der Waals surface area contributed by atoms with Gasteiger partial charge in [0.25, 0.3) is 5.91 Å². The topological polar surface area (TPSA) is 154 Å². The minimum Gasteiger partial charge on any atom is -0.366 e. The molecule has 2 saturated heterocycles. The van der Waals surface area contributed by atoms with E-state index in [1.54, 1.807) is 4.90 Å². The minimum absolute atomic E-state index is 0. The number of nitrogens with zero attached hydrogens (tertiary/aromatic N) is 1. The predicted octanol–water partition coefficient (Wildman–Crippen LogP) is 1.37. The second-order valence-electron chi connectivity index (χ2n) is 10.6.